The molecule has 0 aliphatic rings. The highest BCUT2D eigenvalue weighted by Crippen LogP contribution is 2.17. The summed E-state index contributed by atoms with van der Waals surface area (Å²) in [5.41, 5.74) is 1.41. The molecule has 2 aromatic rings. The second-order valence-corrected chi connectivity index (χ2v) is 6.74. The van der Waals surface area contributed by atoms with Gasteiger partial charge in [-0.15, -0.1) is 0 Å². The number of hydrogen-bond donors (Lipinski definition) is 1. The molecule has 0 heterocycles. The average Bonchev–Trinajstić information content (AvgIpc) is 2.53. The highest BCUT2D eigenvalue weighted by molar-refractivity contribution is 14.1. The summed E-state index contributed by atoms with van der Waals surface area (Å²) in [6, 6.07) is 14.9. The molecule has 2 aromatic carbocycles. The molecule has 1 amide bonds. The minimum Gasteiger partial charge on any atom is -0.494 e. The molecule has 0 aliphatic carbocycles. The number of rotatable bonds is 7. The molecule has 122 valence electrons. The van der Waals surface area contributed by atoms with Crippen molar-refractivity contribution in [3.8, 4) is 5.75 Å². The predicted octanol–water partition coefficient (Wildman–Crippen LogP) is 3.87. The van der Waals surface area contributed by atoms with Gasteiger partial charge in [0.2, 0.25) is 0 Å². The molecular formula is C18H21IN2O2. The van der Waals surface area contributed by atoms with E-state index in [-0.39, 0.29) is 5.91 Å². The number of nitrogens with one attached hydrogen (secondary N) is 1. The summed E-state index contributed by atoms with van der Waals surface area (Å²) < 4.78 is 6.78. The van der Waals surface area contributed by atoms with Gasteiger partial charge < -0.3 is 15.0 Å². The normalized spacial score (nSPS) is 10.6. The number of carbonyl (C=O) groups is 1. The minimum absolute atomic E-state index is 0.110. The number of nitrogens with zero attached hydrogens (tertiary/aromatic N) is 1. The van der Waals surface area contributed by atoms with E-state index >= 15 is 0 Å². The number of halogens is 1. The molecule has 4 nitrogen and oxygen atoms in total. The minimum atomic E-state index is -0.110. The number of hydrogen-bond acceptors (Lipinski definition) is 3. The molecule has 2 rings (SSSR count). The summed E-state index contributed by atoms with van der Waals surface area (Å²) in [5.74, 6) is 0.706. The van der Waals surface area contributed by atoms with Gasteiger partial charge in [0.1, 0.15) is 5.75 Å². The number of amides is 1. The van der Waals surface area contributed by atoms with Crippen molar-refractivity contribution < 1.29 is 9.53 Å². The second kappa shape index (κ2) is 8.88. The second-order valence-electron chi connectivity index (χ2n) is 5.49. The van der Waals surface area contributed by atoms with Gasteiger partial charge >= 0.3 is 0 Å². The van der Waals surface area contributed by atoms with Crippen molar-refractivity contribution >= 4 is 34.2 Å². The van der Waals surface area contributed by atoms with E-state index in [9.17, 15) is 4.79 Å². The summed E-state index contributed by atoms with van der Waals surface area (Å²) in [5, 5.41) is 2.88. The molecule has 0 atom stereocenters. The molecule has 0 saturated carbocycles. The number of anilines is 1. The predicted molar refractivity (Wildman–Crippen MR) is 102 cm³/mol. The molecule has 0 bridgehead atoms. The third-order valence-electron chi connectivity index (χ3n) is 3.24. The van der Waals surface area contributed by atoms with E-state index in [1.807, 2.05) is 62.6 Å². The highest BCUT2D eigenvalue weighted by atomic mass is 127. The van der Waals surface area contributed by atoms with Crippen molar-refractivity contribution in [1.29, 1.82) is 0 Å². The van der Waals surface area contributed by atoms with E-state index in [0.717, 1.165) is 28.0 Å². The Morgan fingerprint density at radius 1 is 1.09 bits per heavy atom. The van der Waals surface area contributed by atoms with Crippen LogP contribution in [0.5, 0.6) is 5.75 Å². The number of carbonyl (C=O) groups excluding carboxylic acids is 1. The van der Waals surface area contributed by atoms with Gasteiger partial charge in [-0.25, -0.2) is 0 Å². The van der Waals surface area contributed by atoms with Crippen molar-refractivity contribution in [3.63, 3.8) is 0 Å². The lowest BCUT2D eigenvalue weighted by molar-refractivity contribution is 0.102. The van der Waals surface area contributed by atoms with Gasteiger partial charge in [-0.2, -0.15) is 0 Å². The van der Waals surface area contributed by atoms with Gasteiger partial charge in [0.25, 0.3) is 5.91 Å². The lowest BCUT2D eigenvalue weighted by Crippen LogP contribution is -2.15. The quantitative estimate of drug-likeness (QED) is 0.542. The highest BCUT2D eigenvalue weighted by Gasteiger charge is 2.05. The van der Waals surface area contributed by atoms with Crippen molar-refractivity contribution in [1.82, 2.24) is 4.90 Å². The van der Waals surface area contributed by atoms with Crippen molar-refractivity contribution in [2.24, 2.45) is 0 Å². The zero-order valence-corrected chi connectivity index (χ0v) is 15.5. The molecule has 0 fully saturated rings. The Bertz CT molecular complexity index is 624. The molecule has 0 radical (unpaired) electrons. The fourth-order valence-electron chi connectivity index (χ4n) is 2.01. The van der Waals surface area contributed by atoms with Crippen LogP contribution in [0, 0.1) is 3.57 Å². The van der Waals surface area contributed by atoms with Gasteiger partial charge in [-0.3, -0.25) is 4.79 Å². The lowest BCUT2D eigenvalue weighted by Gasteiger charge is -2.11. The molecule has 5 heteroatoms. The van der Waals surface area contributed by atoms with E-state index in [4.69, 9.17) is 4.74 Å². The third kappa shape index (κ3) is 6.19. The molecule has 0 unspecified atom stereocenters. The van der Waals surface area contributed by atoms with E-state index in [0.29, 0.717) is 12.2 Å². The van der Waals surface area contributed by atoms with Crippen LogP contribution in [0.3, 0.4) is 0 Å². The smallest absolute Gasteiger partial charge is 0.255 e. The maximum atomic E-state index is 12.1. The maximum Gasteiger partial charge on any atom is 0.255 e. The molecule has 0 spiro atoms. The summed E-state index contributed by atoms with van der Waals surface area (Å²) in [4.78, 5) is 14.3. The Kier molecular flexibility index (Phi) is 6.85. The first-order valence-corrected chi connectivity index (χ1v) is 8.57. The van der Waals surface area contributed by atoms with Crippen LogP contribution in [0.4, 0.5) is 5.69 Å². The lowest BCUT2D eigenvalue weighted by atomic mass is 10.2. The Morgan fingerprint density at radius 3 is 2.35 bits per heavy atom. The summed E-state index contributed by atoms with van der Waals surface area (Å²) in [7, 11) is 4.09. The van der Waals surface area contributed by atoms with E-state index in [2.05, 4.69) is 32.8 Å². The van der Waals surface area contributed by atoms with Crippen molar-refractivity contribution in [2.75, 3.05) is 32.6 Å². The molecule has 1 N–H and O–H groups in total. The summed E-state index contributed by atoms with van der Waals surface area (Å²) in [6.45, 7) is 1.69. The van der Waals surface area contributed by atoms with Gasteiger partial charge in [-0.1, -0.05) is 0 Å². The van der Waals surface area contributed by atoms with Crippen LogP contribution in [0.15, 0.2) is 48.5 Å². The monoisotopic (exact) mass is 424 g/mol. The molecule has 23 heavy (non-hydrogen) atoms. The first-order chi connectivity index (χ1) is 11.0. The van der Waals surface area contributed by atoms with Gasteiger partial charge in [0, 0.05) is 21.4 Å². The Labute approximate surface area is 151 Å². The first kappa shape index (κ1) is 17.7. The van der Waals surface area contributed by atoms with Gasteiger partial charge in [-0.05, 0) is 91.6 Å². The fraction of sp³-hybridized carbons (Fsp3) is 0.278. The Balaban J connectivity index is 1.84. The fourth-order valence-corrected chi connectivity index (χ4v) is 2.37. The SMILES string of the molecule is CN(C)CCCOc1ccc(NC(=O)c2ccc(I)cc2)cc1. The zero-order valence-electron chi connectivity index (χ0n) is 13.4. The van der Waals surface area contributed by atoms with Crippen LogP contribution in [-0.2, 0) is 0 Å². The van der Waals surface area contributed by atoms with Crippen LogP contribution in [0.2, 0.25) is 0 Å². The standard InChI is InChI=1S/C18H21IN2O2/c1-21(2)12-3-13-23-17-10-8-16(9-11-17)20-18(22)14-4-6-15(19)7-5-14/h4-11H,3,12-13H2,1-2H3,(H,20,22). The van der Waals surface area contributed by atoms with E-state index < -0.39 is 0 Å². The molecule has 0 saturated heterocycles. The largest absolute Gasteiger partial charge is 0.494 e. The summed E-state index contributed by atoms with van der Waals surface area (Å²) >= 11 is 2.22. The Morgan fingerprint density at radius 2 is 1.74 bits per heavy atom. The van der Waals surface area contributed by atoms with Crippen LogP contribution < -0.4 is 10.1 Å². The molecule has 0 aromatic heterocycles. The molecule has 0 aliphatic heterocycles. The summed E-state index contributed by atoms with van der Waals surface area (Å²) in [6.07, 6.45) is 0.984. The van der Waals surface area contributed by atoms with Crippen LogP contribution in [-0.4, -0.2) is 38.1 Å². The van der Waals surface area contributed by atoms with Crippen molar-refractivity contribution in [2.45, 2.75) is 6.42 Å². The Hall–Kier alpha value is -1.60. The zero-order chi connectivity index (χ0) is 16.7. The number of ether oxygens (including phenoxy) is 1. The van der Waals surface area contributed by atoms with Crippen molar-refractivity contribution in [3.05, 3.63) is 57.7 Å². The first-order valence-electron chi connectivity index (χ1n) is 7.49. The molecular weight excluding hydrogens is 403 g/mol. The topological polar surface area (TPSA) is 41.6 Å². The average molecular weight is 424 g/mol. The van der Waals surface area contributed by atoms with Crippen LogP contribution in [0.25, 0.3) is 0 Å². The van der Waals surface area contributed by atoms with Gasteiger partial charge in [0.05, 0.1) is 6.61 Å². The van der Waals surface area contributed by atoms with E-state index in [1.165, 1.54) is 0 Å². The van der Waals surface area contributed by atoms with Gasteiger partial charge in [0.15, 0.2) is 0 Å². The maximum absolute atomic E-state index is 12.1. The number of benzene rings is 2. The van der Waals surface area contributed by atoms with Crippen LogP contribution in [0.1, 0.15) is 16.8 Å². The van der Waals surface area contributed by atoms with E-state index in [1.54, 1.807) is 0 Å². The van der Waals surface area contributed by atoms with Crippen LogP contribution >= 0.6 is 22.6 Å². The third-order valence-corrected chi connectivity index (χ3v) is 3.96.